The Kier molecular flexibility index (Phi) is 35.2. The summed E-state index contributed by atoms with van der Waals surface area (Å²) in [4.78, 5) is 16.2. The van der Waals surface area contributed by atoms with Gasteiger partial charge in [-0.05, 0) is 94.8 Å². The number of aromatic nitrogens is 5. The van der Waals surface area contributed by atoms with Crippen LogP contribution in [0.1, 0.15) is 168 Å². The molecule has 0 radical (unpaired) electrons. The van der Waals surface area contributed by atoms with Crippen molar-refractivity contribution < 1.29 is 4.57 Å². The molecule has 0 aliphatic rings. The Morgan fingerprint density at radius 3 is 0.846 bits per heavy atom. The standard InChI is InChI=1S/C9H14N.4C8H11N.3C2H6/c1-8(2)9-4-6-10(3)7-5-9;2*1-7(2)8-3-5-9-6-4-8;2*1-7(2)8-5-3-4-6-9-8;3*1-2/h4-8H,1-3H3;4*3-7H,1-2H3;3*1-2H3/q+1;;;;;;;. The van der Waals surface area contributed by atoms with Crippen LogP contribution in [0.5, 0.6) is 0 Å². The number of rotatable bonds is 5. The van der Waals surface area contributed by atoms with Crippen molar-refractivity contribution in [3.05, 3.63) is 150 Å². The van der Waals surface area contributed by atoms with Crippen LogP contribution in [0.4, 0.5) is 0 Å². The molecule has 0 saturated carbocycles. The maximum absolute atomic E-state index is 4.18. The first-order valence-electron chi connectivity index (χ1n) is 19.5. The summed E-state index contributed by atoms with van der Waals surface area (Å²) in [5, 5.41) is 0. The molecule has 52 heavy (non-hydrogen) atoms. The van der Waals surface area contributed by atoms with E-state index in [1.165, 1.54) is 16.7 Å². The van der Waals surface area contributed by atoms with Gasteiger partial charge in [-0.25, -0.2) is 4.57 Å². The lowest BCUT2D eigenvalue weighted by Gasteiger charge is -2.01. The molecule has 5 aromatic rings. The van der Waals surface area contributed by atoms with Gasteiger partial charge in [0.1, 0.15) is 7.05 Å². The van der Waals surface area contributed by atoms with E-state index in [1.807, 2.05) is 151 Å². The molecule has 0 unspecified atom stereocenters. The summed E-state index contributed by atoms with van der Waals surface area (Å²) in [5.41, 5.74) is 6.43. The molecule has 5 aromatic heterocycles. The van der Waals surface area contributed by atoms with E-state index >= 15 is 0 Å². The number of pyridine rings is 5. The molecular weight excluding hydrogens is 635 g/mol. The third-order valence-electron chi connectivity index (χ3n) is 6.98. The van der Waals surface area contributed by atoms with Gasteiger partial charge in [0.25, 0.3) is 0 Å². The molecule has 0 aliphatic heterocycles. The van der Waals surface area contributed by atoms with Crippen molar-refractivity contribution in [3.63, 3.8) is 0 Å². The van der Waals surface area contributed by atoms with Crippen LogP contribution in [0.3, 0.4) is 0 Å². The number of nitrogens with zero attached hydrogens (tertiary/aromatic N) is 5. The van der Waals surface area contributed by atoms with Gasteiger partial charge in [0.05, 0.1) is 0 Å². The average molecular weight is 711 g/mol. The van der Waals surface area contributed by atoms with Crippen LogP contribution in [-0.4, -0.2) is 19.9 Å². The largest absolute Gasteiger partial charge is 0.265 e. The van der Waals surface area contributed by atoms with Gasteiger partial charge >= 0.3 is 0 Å². The summed E-state index contributed by atoms with van der Waals surface area (Å²) in [6.07, 6.45) is 15.1. The van der Waals surface area contributed by atoms with E-state index in [0.717, 1.165) is 11.4 Å². The van der Waals surface area contributed by atoms with Gasteiger partial charge in [-0.1, -0.05) is 123 Å². The molecule has 0 amide bonds. The average Bonchev–Trinajstić information content (AvgIpc) is 3.20. The van der Waals surface area contributed by atoms with Crippen LogP contribution in [-0.2, 0) is 7.05 Å². The summed E-state index contributed by atoms with van der Waals surface area (Å²) < 4.78 is 2.05. The van der Waals surface area contributed by atoms with Crippen LogP contribution in [0, 0.1) is 0 Å². The van der Waals surface area contributed by atoms with Crippen LogP contribution < -0.4 is 4.57 Å². The lowest BCUT2D eigenvalue weighted by atomic mass is 10.1. The molecule has 0 aliphatic carbocycles. The normalized spacial score (nSPS) is 9.35. The molecule has 5 heteroatoms. The SMILES string of the molecule is CC.CC.CC.CC(C)c1cc[n+](C)cc1.CC(C)c1ccccn1.CC(C)c1ccccn1.CC(C)c1ccncc1.CC(C)c1ccncc1. The molecular formula is C47H76N5+. The van der Waals surface area contributed by atoms with Crippen molar-refractivity contribution >= 4 is 0 Å². The van der Waals surface area contributed by atoms with Gasteiger partial charge in [-0.2, -0.15) is 0 Å². The zero-order valence-corrected chi connectivity index (χ0v) is 36.2. The molecule has 0 atom stereocenters. The topological polar surface area (TPSA) is 55.4 Å². The highest BCUT2D eigenvalue weighted by atomic mass is 14.9. The Balaban J connectivity index is -0.000000556. The fourth-order valence-electron chi connectivity index (χ4n) is 3.83. The number of hydrogen-bond acceptors (Lipinski definition) is 4. The van der Waals surface area contributed by atoms with Crippen LogP contribution >= 0.6 is 0 Å². The monoisotopic (exact) mass is 711 g/mol. The van der Waals surface area contributed by atoms with Crippen molar-refractivity contribution in [3.8, 4) is 0 Å². The number of hydrogen-bond donors (Lipinski definition) is 0. The van der Waals surface area contributed by atoms with Crippen molar-refractivity contribution in [1.82, 2.24) is 19.9 Å². The Morgan fingerprint density at radius 1 is 0.365 bits per heavy atom. The van der Waals surface area contributed by atoms with Crippen molar-refractivity contribution in [2.45, 2.75) is 140 Å². The molecule has 288 valence electrons. The van der Waals surface area contributed by atoms with Gasteiger partial charge in [-0.3, -0.25) is 19.9 Å². The lowest BCUT2D eigenvalue weighted by molar-refractivity contribution is -0.671. The third kappa shape index (κ3) is 27.5. The molecule has 0 aromatic carbocycles. The quantitative estimate of drug-likeness (QED) is 0.170. The van der Waals surface area contributed by atoms with Crippen molar-refractivity contribution in [2.75, 3.05) is 0 Å². The first-order valence-corrected chi connectivity index (χ1v) is 19.5. The minimum absolute atomic E-state index is 0.547. The van der Waals surface area contributed by atoms with Crippen LogP contribution in [0.15, 0.2) is 122 Å². The molecule has 5 heterocycles. The Labute approximate surface area is 321 Å². The maximum atomic E-state index is 4.18. The molecule has 0 bridgehead atoms. The van der Waals surface area contributed by atoms with E-state index in [1.54, 1.807) is 0 Å². The summed E-state index contributed by atoms with van der Waals surface area (Å²) in [5.74, 6) is 2.97. The van der Waals surface area contributed by atoms with Crippen molar-refractivity contribution in [1.29, 1.82) is 0 Å². The van der Waals surface area contributed by atoms with Gasteiger partial charge in [0.2, 0.25) is 0 Å². The first-order chi connectivity index (χ1) is 24.9. The third-order valence-corrected chi connectivity index (χ3v) is 6.98. The Morgan fingerprint density at radius 2 is 0.654 bits per heavy atom. The predicted molar refractivity (Wildman–Crippen MR) is 229 cm³/mol. The van der Waals surface area contributed by atoms with Crippen LogP contribution in [0.2, 0.25) is 0 Å². The van der Waals surface area contributed by atoms with E-state index in [-0.39, 0.29) is 0 Å². The van der Waals surface area contributed by atoms with Crippen molar-refractivity contribution in [2.24, 2.45) is 7.05 Å². The molecule has 0 spiro atoms. The molecule has 5 rings (SSSR count). The molecule has 5 nitrogen and oxygen atoms in total. The summed E-state index contributed by atoms with van der Waals surface area (Å²) in [6.45, 7) is 33.7. The zero-order chi connectivity index (χ0) is 40.3. The van der Waals surface area contributed by atoms with E-state index in [2.05, 4.69) is 114 Å². The smallest absolute Gasteiger partial charge is 0.168 e. The van der Waals surface area contributed by atoms with E-state index in [0.29, 0.717) is 29.6 Å². The summed E-state index contributed by atoms with van der Waals surface area (Å²) in [7, 11) is 2.03. The highest BCUT2D eigenvalue weighted by Crippen LogP contribution is 2.12. The first kappa shape index (κ1) is 52.1. The second kappa shape index (κ2) is 35.2. The predicted octanol–water partition coefficient (Wildman–Crippen LogP) is 13.5. The minimum atomic E-state index is 0.547. The fourth-order valence-corrected chi connectivity index (χ4v) is 3.83. The molecule has 0 fully saturated rings. The Bertz CT molecular complexity index is 1210. The van der Waals surface area contributed by atoms with E-state index in [9.17, 15) is 0 Å². The fraction of sp³-hybridized carbons (Fsp3) is 0.468. The van der Waals surface area contributed by atoms with Gasteiger partial charge in [0, 0.05) is 60.7 Å². The maximum Gasteiger partial charge on any atom is 0.168 e. The van der Waals surface area contributed by atoms with Crippen LogP contribution in [0.25, 0.3) is 0 Å². The molecule has 0 saturated heterocycles. The van der Waals surface area contributed by atoms with Gasteiger partial charge in [0.15, 0.2) is 12.4 Å². The lowest BCUT2D eigenvalue weighted by Crippen LogP contribution is -2.26. The summed E-state index contributed by atoms with van der Waals surface area (Å²) >= 11 is 0. The van der Waals surface area contributed by atoms with Gasteiger partial charge < -0.3 is 0 Å². The number of aryl methyl sites for hydroxylation is 1. The highest BCUT2D eigenvalue weighted by molar-refractivity contribution is 5.14. The zero-order valence-electron chi connectivity index (χ0n) is 36.2. The van der Waals surface area contributed by atoms with Gasteiger partial charge in [-0.15, -0.1) is 0 Å². The minimum Gasteiger partial charge on any atom is -0.265 e. The summed E-state index contributed by atoms with van der Waals surface area (Å²) in [6, 6.07) is 24.5. The molecule has 0 N–H and O–H groups in total. The second-order valence-corrected chi connectivity index (χ2v) is 12.6. The Hall–Kier alpha value is -4.25. The highest BCUT2D eigenvalue weighted by Gasteiger charge is 1.99. The van der Waals surface area contributed by atoms with E-state index in [4.69, 9.17) is 0 Å². The van der Waals surface area contributed by atoms with E-state index < -0.39 is 0 Å². The second-order valence-electron chi connectivity index (χ2n) is 12.6.